The quantitative estimate of drug-likeness (QED) is 0.186. The lowest BCUT2D eigenvalue weighted by molar-refractivity contribution is -0.0560. The van der Waals surface area contributed by atoms with Crippen LogP contribution < -0.4 is 11.5 Å². The summed E-state index contributed by atoms with van der Waals surface area (Å²) in [5, 5.41) is 11.2. The van der Waals surface area contributed by atoms with Crippen molar-refractivity contribution < 1.29 is 51.0 Å². The van der Waals surface area contributed by atoms with Crippen molar-refractivity contribution in [2.75, 3.05) is 18.9 Å². The maximum absolute atomic E-state index is 16.0. The second kappa shape index (κ2) is 11.3. The Bertz CT molecular complexity index is 1810. The lowest BCUT2D eigenvalue weighted by Crippen LogP contribution is -2.37. The van der Waals surface area contributed by atoms with Crippen molar-refractivity contribution in [2.45, 2.75) is 55.6 Å². The first-order chi connectivity index (χ1) is 21.3. The minimum absolute atomic E-state index is 0.00440. The van der Waals surface area contributed by atoms with Gasteiger partial charge in [0.2, 0.25) is 0 Å². The number of aliphatic imine (C=N–C) groups is 1. The van der Waals surface area contributed by atoms with Gasteiger partial charge in [0.1, 0.15) is 48.2 Å². The lowest BCUT2D eigenvalue weighted by Gasteiger charge is -2.28. The number of imidazole rings is 2. The highest BCUT2D eigenvalue weighted by atomic mass is 32.7. The Morgan fingerprint density at radius 1 is 0.933 bits per heavy atom. The van der Waals surface area contributed by atoms with Gasteiger partial charge < -0.3 is 26.0 Å². The van der Waals surface area contributed by atoms with E-state index < -0.39 is 81.7 Å². The summed E-state index contributed by atoms with van der Waals surface area (Å²) in [7, 11) is 0. The van der Waals surface area contributed by atoms with Gasteiger partial charge in [-0.15, -0.1) is 0 Å². The number of nitrogens with zero attached hydrogens (tertiary/aromatic N) is 7. The zero-order valence-corrected chi connectivity index (χ0v) is 26.1. The van der Waals surface area contributed by atoms with Crippen LogP contribution in [0.15, 0.2) is 24.0 Å². The molecule has 4 aliphatic heterocycles. The van der Waals surface area contributed by atoms with E-state index in [1.54, 1.807) is 0 Å². The molecule has 3 saturated heterocycles. The molecular formula is C21H24FN9O10P2S2. The number of rotatable bonds is 2. The number of carbonyl (C=O) groups is 1. The summed E-state index contributed by atoms with van der Waals surface area (Å²) in [6.07, 6.45) is -8.64. The van der Waals surface area contributed by atoms with E-state index in [2.05, 4.69) is 49.4 Å². The molecule has 3 fully saturated rings. The molecule has 3 aromatic rings. The van der Waals surface area contributed by atoms with E-state index >= 15 is 4.39 Å². The van der Waals surface area contributed by atoms with Crippen LogP contribution in [0.1, 0.15) is 29.4 Å². The number of hydrogen-bond donors (Lipinski definition) is 5. The SMILES string of the molecule is NC1=Nc2c(ncn2[C@@H]2O[C@@H]3CO[P@@](=O)(S)O[C@H]4[C@@H](F)[C@H](n5cnc6c(N)ncnc65)O[C@@H]4CO[P@@](=O)(S)O[C@H]3[C@H]2O)C(=O)C1. The van der Waals surface area contributed by atoms with Gasteiger partial charge in [-0.3, -0.25) is 32.0 Å². The highest BCUT2D eigenvalue weighted by Crippen LogP contribution is 2.60. The second-order valence-electron chi connectivity index (χ2n) is 10.3. The number of Topliss-reactive ketones (excluding diaryl/α,β-unsaturated/α-hetero) is 1. The van der Waals surface area contributed by atoms with E-state index in [9.17, 15) is 19.0 Å². The third-order valence-electron chi connectivity index (χ3n) is 7.45. The molecule has 45 heavy (non-hydrogen) atoms. The van der Waals surface area contributed by atoms with Gasteiger partial charge in [-0.2, -0.15) is 0 Å². The van der Waals surface area contributed by atoms with Crippen LogP contribution >= 0.6 is 38.1 Å². The molecule has 10 atom stereocenters. The van der Waals surface area contributed by atoms with Crippen LogP contribution in [0, 0.1) is 0 Å². The third-order valence-corrected chi connectivity index (χ3v) is 10.7. The minimum atomic E-state index is -4.38. The summed E-state index contributed by atoms with van der Waals surface area (Å²) in [6.45, 7) is -9.98. The molecule has 3 aromatic heterocycles. The van der Waals surface area contributed by atoms with Crippen LogP contribution in [-0.2, 0) is 36.7 Å². The number of aliphatic hydroxyl groups excluding tert-OH is 1. The molecule has 242 valence electrons. The predicted octanol–water partition coefficient (Wildman–Crippen LogP) is 1.27. The molecule has 19 nitrogen and oxygen atoms in total. The average molecular weight is 708 g/mol. The van der Waals surface area contributed by atoms with Crippen molar-refractivity contribution in [1.82, 2.24) is 29.1 Å². The fourth-order valence-electron chi connectivity index (χ4n) is 5.42. The van der Waals surface area contributed by atoms with Gasteiger partial charge in [-0.05, 0) is 0 Å². The first-order valence-electron chi connectivity index (χ1n) is 13.1. The molecule has 5 N–H and O–H groups in total. The smallest absolute Gasteiger partial charge is 0.386 e. The Morgan fingerprint density at radius 3 is 2.31 bits per heavy atom. The molecule has 0 spiro atoms. The zero-order chi connectivity index (χ0) is 31.8. The molecule has 7 heterocycles. The predicted molar refractivity (Wildman–Crippen MR) is 156 cm³/mol. The van der Waals surface area contributed by atoms with Gasteiger partial charge in [-0.25, -0.2) is 38.4 Å². The number of hydrogen-bond acceptors (Lipinski definition) is 17. The molecule has 0 radical (unpaired) electrons. The summed E-state index contributed by atoms with van der Waals surface area (Å²) in [6, 6.07) is 0. The van der Waals surface area contributed by atoms with Crippen LogP contribution in [0.25, 0.3) is 11.2 Å². The summed E-state index contributed by atoms with van der Waals surface area (Å²) in [5.74, 6) is -0.298. The average Bonchev–Trinajstić information content (AvgIpc) is 3.72. The number of ketones is 1. The molecule has 0 aromatic carbocycles. The minimum Gasteiger partial charge on any atom is -0.387 e. The summed E-state index contributed by atoms with van der Waals surface area (Å²) >= 11 is 8.04. The second-order valence-corrected chi connectivity index (χ2v) is 16.1. The number of amidine groups is 1. The Morgan fingerprint density at radius 2 is 1.58 bits per heavy atom. The van der Waals surface area contributed by atoms with Crippen molar-refractivity contribution in [3.05, 3.63) is 24.7 Å². The number of fused-ring (bicyclic) bond motifs is 4. The molecule has 4 aliphatic rings. The monoisotopic (exact) mass is 707 g/mol. The fourth-order valence-corrected chi connectivity index (χ4v) is 8.40. The summed E-state index contributed by atoms with van der Waals surface area (Å²) in [4.78, 5) is 32.6. The van der Waals surface area contributed by atoms with Crippen molar-refractivity contribution in [1.29, 1.82) is 0 Å². The number of aliphatic hydroxyl groups is 1. The standard InChI is InChI=1S/C21H24FN9O10P2S2/c22-11-15-8(38-20(11)30-6-28-13-17(24)25-4-26-18(13)30)2-36-43(35,45)41-16-9(3-37-42(34,44)40-15)39-21(14(16)33)31-5-27-12-7(32)1-10(23)29-19(12)31/h4-6,8-9,11,14-16,20-21,33H,1-3H2,(H2,23,29)(H,34,44)(H,35,45)(H2,24,25,26)/t8-,9-,11-,14-,15-,16-,20-,21-,42-,43-/m1/s1. The van der Waals surface area contributed by atoms with Crippen molar-refractivity contribution >= 4 is 72.5 Å². The van der Waals surface area contributed by atoms with Gasteiger partial charge in [0, 0.05) is 0 Å². The number of anilines is 1. The van der Waals surface area contributed by atoms with Gasteiger partial charge in [-0.1, -0.05) is 24.5 Å². The number of carbonyl (C=O) groups excluding carboxylic acids is 1. The molecule has 0 amide bonds. The Labute approximate surface area is 262 Å². The number of halogens is 1. The Balaban J connectivity index is 1.16. The zero-order valence-electron chi connectivity index (χ0n) is 22.5. The number of ether oxygens (including phenoxy) is 2. The first-order valence-corrected chi connectivity index (χ1v) is 18.5. The van der Waals surface area contributed by atoms with E-state index in [-0.39, 0.29) is 40.7 Å². The topological polar surface area (TPSA) is 253 Å². The van der Waals surface area contributed by atoms with Gasteiger partial charge in [0.25, 0.3) is 0 Å². The molecule has 0 bridgehead atoms. The molecule has 0 unspecified atom stereocenters. The van der Waals surface area contributed by atoms with Crippen LogP contribution in [0.4, 0.5) is 16.0 Å². The molecule has 0 aliphatic carbocycles. The number of nitrogens with two attached hydrogens (primary N) is 2. The van der Waals surface area contributed by atoms with Crippen LogP contribution in [-0.4, -0.2) is 95.7 Å². The summed E-state index contributed by atoms with van der Waals surface area (Å²) < 4.78 is 79.0. The number of alkyl halides is 1. The van der Waals surface area contributed by atoms with E-state index in [4.69, 9.17) is 39.0 Å². The number of nitrogen functional groups attached to an aromatic ring is 1. The van der Waals surface area contributed by atoms with Gasteiger partial charge in [0.05, 0.1) is 32.3 Å². The normalized spacial score (nSPS) is 39.0. The third kappa shape index (κ3) is 5.61. The van der Waals surface area contributed by atoms with Crippen LogP contribution in [0.5, 0.6) is 0 Å². The molecular weight excluding hydrogens is 683 g/mol. The van der Waals surface area contributed by atoms with E-state index in [0.717, 1.165) is 6.33 Å². The Hall–Kier alpha value is -2.49. The Kier molecular flexibility index (Phi) is 7.84. The van der Waals surface area contributed by atoms with E-state index in [1.165, 1.54) is 21.8 Å². The number of aromatic nitrogens is 6. The molecule has 0 saturated carbocycles. The van der Waals surface area contributed by atoms with Crippen molar-refractivity contribution in [3.8, 4) is 0 Å². The highest BCUT2D eigenvalue weighted by molar-refractivity contribution is 8.44. The number of thiol groups is 2. The highest BCUT2D eigenvalue weighted by Gasteiger charge is 2.54. The van der Waals surface area contributed by atoms with Gasteiger partial charge >= 0.3 is 13.6 Å². The molecule has 7 rings (SSSR count). The fraction of sp³-hybridized carbons (Fsp3) is 0.524. The largest absolute Gasteiger partial charge is 0.387 e. The van der Waals surface area contributed by atoms with Crippen molar-refractivity contribution in [2.24, 2.45) is 10.7 Å². The maximum Gasteiger partial charge on any atom is 0.386 e. The van der Waals surface area contributed by atoms with Crippen LogP contribution in [0.2, 0.25) is 0 Å². The van der Waals surface area contributed by atoms with E-state index in [0.29, 0.717) is 0 Å². The van der Waals surface area contributed by atoms with Crippen LogP contribution in [0.3, 0.4) is 0 Å². The van der Waals surface area contributed by atoms with E-state index in [1.807, 2.05) is 0 Å². The lowest BCUT2D eigenvalue weighted by atomic mass is 10.1. The molecule has 24 heteroatoms. The van der Waals surface area contributed by atoms with Crippen molar-refractivity contribution in [3.63, 3.8) is 0 Å². The van der Waals surface area contributed by atoms with Gasteiger partial charge in [0.15, 0.2) is 47.4 Å². The first kappa shape index (κ1) is 31.1. The maximum atomic E-state index is 16.0. The summed E-state index contributed by atoms with van der Waals surface area (Å²) in [5.41, 5.74) is 12.0.